The van der Waals surface area contributed by atoms with Crippen molar-refractivity contribution in [2.24, 2.45) is 0 Å². The van der Waals surface area contributed by atoms with Gasteiger partial charge in [-0.2, -0.15) is 0 Å². The fourth-order valence-corrected chi connectivity index (χ4v) is 4.02. The molecule has 4 nitrogen and oxygen atoms in total. The Bertz CT molecular complexity index is 945. The van der Waals surface area contributed by atoms with Gasteiger partial charge in [0.05, 0.1) is 6.10 Å². The second-order valence-electron chi connectivity index (χ2n) is 7.71. The van der Waals surface area contributed by atoms with Gasteiger partial charge in [0.15, 0.2) is 0 Å². The minimum atomic E-state index is -0.487. The molecule has 0 aromatic heterocycles. The van der Waals surface area contributed by atoms with E-state index in [1.807, 2.05) is 42.5 Å². The van der Waals surface area contributed by atoms with E-state index in [1.165, 1.54) is 5.39 Å². The summed E-state index contributed by atoms with van der Waals surface area (Å²) in [6.07, 6.45) is 0.689. The van der Waals surface area contributed by atoms with Crippen molar-refractivity contribution in [2.75, 3.05) is 0 Å². The van der Waals surface area contributed by atoms with E-state index in [1.54, 1.807) is 6.92 Å². The fourth-order valence-electron chi connectivity index (χ4n) is 3.55. The van der Waals surface area contributed by atoms with Crippen molar-refractivity contribution in [3.05, 3.63) is 83.9 Å². The quantitative estimate of drug-likeness (QED) is 0.448. The van der Waals surface area contributed by atoms with E-state index in [-0.39, 0.29) is 18.0 Å². The first-order valence-corrected chi connectivity index (χ1v) is 10.7. The molecular weight excluding hydrogens is 398 g/mol. The molecule has 5 heteroatoms. The number of halogens is 1. The highest BCUT2D eigenvalue weighted by molar-refractivity contribution is 6.20. The number of aliphatic hydroxyl groups excluding tert-OH is 1. The number of carbonyl (C=O) groups excluding carboxylic acids is 1. The summed E-state index contributed by atoms with van der Waals surface area (Å²) in [5.74, 6) is 0. The van der Waals surface area contributed by atoms with E-state index in [0.29, 0.717) is 19.3 Å². The molecule has 0 aliphatic heterocycles. The van der Waals surface area contributed by atoms with E-state index < -0.39 is 12.2 Å². The third kappa shape index (κ3) is 7.05. The number of alkyl carbamates (subject to hydrolysis) is 1. The van der Waals surface area contributed by atoms with Crippen molar-refractivity contribution < 1.29 is 14.6 Å². The first-order valence-electron chi connectivity index (χ1n) is 10.3. The molecule has 158 valence electrons. The van der Waals surface area contributed by atoms with Gasteiger partial charge in [-0.15, -0.1) is 11.6 Å². The number of nitrogens with one attached hydrogen (secondary N) is 1. The number of aliphatic hydroxyl groups is 1. The SMILES string of the molecule is C[C@H](O)CC(Cl)C[C@H](Cc1ccc2ccccc2c1)NC(=O)OCc1ccccc1. The first kappa shape index (κ1) is 22.1. The van der Waals surface area contributed by atoms with E-state index in [2.05, 4.69) is 35.6 Å². The molecule has 3 aromatic rings. The zero-order valence-corrected chi connectivity index (χ0v) is 17.9. The van der Waals surface area contributed by atoms with Gasteiger partial charge in [-0.05, 0) is 48.1 Å². The van der Waals surface area contributed by atoms with Gasteiger partial charge in [0.2, 0.25) is 0 Å². The van der Waals surface area contributed by atoms with Crippen LogP contribution < -0.4 is 5.32 Å². The summed E-state index contributed by atoms with van der Waals surface area (Å²) in [6, 6.07) is 23.9. The molecule has 0 heterocycles. The fraction of sp³-hybridized carbons (Fsp3) is 0.320. The number of hydrogen-bond acceptors (Lipinski definition) is 3. The monoisotopic (exact) mass is 425 g/mol. The summed E-state index contributed by atoms with van der Waals surface area (Å²) in [4.78, 5) is 12.4. The molecule has 0 fully saturated rings. The van der Waals surface area contributed by atoms with Crippen molar-refractivity contribution in [3.8, 4) is 0 Å². The van der Waals surface area contributed by atoms with Crippen LogP contribution in [0.3, 0.4) is 0 Å². The summed E-state index contributed by atoms with van der Waals surface area (Å²) in [5, 5.41) is 14.7. The van der Waals surface area contributed by atoms with Crippen molar-refractivity contribution in [1.82, 2.24) is 5.32 Å². The Balaban J connectivity index is 1.66. The highest BCUT2D eigenvalue weighted by Crippen LogP contribution is 2.20. The first-order chi connectivity index (χ1) is 14.5. The topological polar surface area (TPSA) is 58.6 Å². The zero-order valence-electron chi connectivity index (χ0n) is 17.1. The molecule has 3 atom stereocenters. The normalized spacial score (nSPS) is 14.1. The van der Waals surface area contributed by atoms with Gasteiger partial charge in [0, 0.05) is 11.4 Å². The second kappa shape index (κ2) is 11.0. The van der Waals surface area contributed by atoms with Crippen molar-refractivity contribution in [2.45, 2.75) is 50.3 Å². The van der Waals surface area contributed by atoms with Crippen LogP contribution in [0.2, 0.25) is 0 Å². The van der Waals surface area contributed by atoms with Gasteiger partial charge in [0.25, 0.3) is 0 Å². The summed E-state index contributed by atoms with van der Waals surface area (Å²) >= 11 is 6.44. The molecule has 1 amide bonds. The Hall–Kier alpha value is -2.56. The second-order valence-corrected chi connectivity index (χ2v) is 8.32. The van der Waals surface area contributed by atoms with Gasteiger partial charge < -0.3 is 15.2 Å². The number of amides is 1. The summed E-state index contributed by atoms with van der Waals surface area (Å²) in [5.41, 5.74) is 2.05. The number of rotatable bonds is 9. The van der Waals surface area contributed by atoms with E-state index in [0.717, 1.165) is 16.5 Å². The van der Waals surface area contributed by atoms with Crippen LogP contribution >= 0.6 is 11.6 Å². The highest BCUT2D eigenvalue weighted by atomic mass is 35.5. The minimum Gasteiger partial charge on any atom is -0.445 e. The summed E-state index contributed by atoms with van der Waals surface area (Å²) in [7, 11) is 0. The summed E-state index contributed by atoms with van der Waals surface area (Å²) < 4.78 is 5.39. The smallest absolute Gasteiger partial charge is 0.407 e. The number of fused-ring (bicyclic) bond motifs is 1. The molecule has 3 rings (SSSR count). The standard InChI is InChI=1S/C25H28ClNO3/c1-18(28)13-23(26)16-24(27-25(29)30-17-19-7-3-2-4-8-19)15-20-11-12-21-9-5-6-10-22(21)14-20/h2-12,14,18,23-24,28H,13,15-17H2,1H3,(H,27,29)/t18-,23?,24-/m0/s1. The van der Waals surface area contributed by atoms with Crippen LogP contribution in [0.5, 0.6) is 0 Å². The maximum absolute atomic E-state index is 12.4. The maximum Gasteiger partial charge on any atom is 0.407 e. The van der Waals surface area contributed by atoms with Crippen molar-refractivity contribution >= 4 is 28.5 Å². The van der Waals surface area contributed by atoms with Gasteiger partial charge in [0.1, 0.15) is 6.61 Å². The molecule has 2 N–H and O–H groups in total. The lowest BCUT2D eigenvalue weighted by Crippen LogP contribution is -2.38. The lowest BCUT2D eigenvalue weighted by atomic mass is 9.98. The molecule has 0 aliphatic carbocycles. The predicted octanol–water partition coefficient (Wildman–Crippen LogP) is 5.45. The number of carbonyl (C=O) groups is 1. The predicted molar refractivity (Wildman–Crippen MR) is 122 cm³/mol. The number of hydrogen-bond donors (Lipinski definition) is 2. The molecule has 3 aromatic carbocycles. The van der Waals surface area contributed by atoms with Gasteiger partial charge in [-0.3, -0.25) is 0 Å². The van der Waals surface area contributed by atoms with E-state index in [9.17, 15) is 9.90 Å². The average molecular weight is 426 g/mol. The van der Waals surface area contributed by atoms with Crippen LogP contribution in [-0.4, -0.2) is 28.7 Å². The Labute approximate surface area is 182 Å². The van der Waals surface area contributed by atoms with Crippen LogP contribution in [0.1, 0.15) is 30.9 Å². The Morgan fingerprint density at radius 2 is 1.67 bits per heavy atom. The van der Waals surface area contributed by atoms with Crippen LogP contribution in [0, 0.1) is 0 Å². The number of alkyl halides is 1. The third-order valence-electron chi connectivity index (χ3n) is 4.97. The highest BCUT2D eigenvalue weighted by Gasteiger charge is 2.20. The van der Waals surface area contributed by atoms with E-state index >= 15 is 0 Å². The minimum absolute atomic E-state index is 0.198. The van der Waals surface area contributed by atoms with Crippen molar-refractivity contribution in [3.63, 3.8) is 0 Å². The van der Waals surface area contributed by atoms with Crippen molar-refractivity contribution in [1.29, 1.82) is 0 Å². The molecule has 0 radical (unpaired) electrons. The molecule has 1 unspecified atom stereocenters. The Morgan fingerprint density at radius 1 is 0.967 bits per heavy atom. The molecular formula is C25H28ClNO3. The van der Waals surface area contributed by atoms with E-state index in [4.69, 9.17) is 16.3 Å². The van der Waals surface area contributed by atoms with Crippen LogP contribution in [0.4, 0.5) is 4.79 Å². The molecule has 0 spiro atoms. The van der Waals surface area contributed by atoms with Crippen LogP contribution in [0.25, 0.3) is 10.8 Å². The molecule has 0 bridgehead atoms. The number of ether oxygens (including phenoxy) is 1. The average Bonchev–Trinajstić information content (AvgIpc) is 2.72. The lowest BCUT2D eigenvalue weighted by molar-refractivity contribution is 0.134. The van der Waals surface area contributed by atoms with Crippen LogP contribution in [0.15, 0.2) is 72.8 Å². The Morgan fingerprint density at radius 3 is 2.40 bits per heavy atom. The lowest BCUT2D eigenvalue weighted by Gasteiger charge is -2.22. The van der Waals surface area contributed by atoms with Crippen LogP contribution in [-0.2, 0) is 17.8 Å². The maximum atomic E-state index is 12.4. The third-order valence-corrected chi connectivity index (χ3v) is 5.32. The zero-order chi connectivity index (χ0) is 21.3. The van der Waals surface area contributed by atoms with Gasteiger partial charge in [-0.25, -0.2) is 4.79 Å². The Kier molecular flexibility index (Phi) is 8.12. The largest absolute Gasteiger partial charge is 0.445 e. The number of benzene rings is 3. The van der Waals surface area contributed by atoms with Gasteiger partial charge in [-0.1, -0.05) is 72.8 Å². The molecule has 0 saturated heterocycles. The van der Waals surface area contributed by atoms with Gasteiger partial charge >= 0.3 is 6.09 Å². The molecule has 30 heavy (non-hydrogen) atoms. The molecule has 0 aliphatic rings. The summed E-state index contributed by atoms with van der Waals surface area (Å²) in [6.45, 7) is 1.93. The molecule has 0 saturated carbocycles.